The number of aliphatic hydroxyl groups is 2. The van der Waals surface area contributed by atoms with Gasteiger partial charge in [-0.15, -0.1) is 0 Å². The molecule has 1 aromatic rings. The molecule has 0 aromatic heterocycles. The minimum Gasteiger partial charge on any atom is -0.513 e. The highest BCUT2D eigenvalue weighted by Crippen LogP contribution is 2.24. The number of hydrogen-bond acceptors (Lipinski definition) is 4. The van der Waals surface area contributed by atoms with E-state index in [0.717, 1.165) is 0 Å². The predicted octanol–water partition coefficient (Wildman–Crippen LogP) is 2.31. The van der Waals surface area contributed by atoms with Crippen molar-refractivity contribution in [3.05, 3.63) is 59.1 Å². The van der Waals surface area contributed by atoms with Gasteiger partial charge in [0.15, 0.2) is 0 Å². The average molecular weight is 278 g/mol. The molecule has 106 valence electrons. The van der Waals surface area contributed by atoms with Gasteiger partial charge < -0.3 is 20.4 Å². The quantitative estimate of drug-likeness (QED) is 0.593. The number of hydrogen-bond donors (Lipinski definition) is 4. The molecular weight excluding hydrogens is 264 g/mol. The molecule has 0 atom stereocenters. The van der Waals surface area contributed by atoms with Crippen molar-refractivity contribution >= 4 is 11.9 Å². The summed E-state index contributed by atoms with van der Waals surface area (Å²) in [7, 11) is 0. The fourth-order valence-corrected chi connectivity index (χ4v) is 1.92. The van der Waals surface area contributed by atoms with Gasteiger partial charge in [0, 0.05) is 12.8 Å². The third-order valence-corrected chi connectivity index (χ3v) is 2.62. The lowest BCUT2D eigenvalue weighted by atomic mass is 9.91. The van der Waals surface area contributed by atoms with Crippen LogP contribution >= 0.6 is 0 Å². The molecule has 1 rings (SSSR count). The maximum Gasteiger partial charge on any atom is 0.336 e. The Morgan fingerprint density at radius 3 is 1.85 bits per heavy atom. The van der Waals surface area contributed by atoms with E-state index in [1.54, 1.807) is 0 Å². The van der Waals surface area contributed by atoms with Gasteiger partial charge in [0.25, 0.3) is 0 Å². The Balaban J connectivity index is 3.59. The largest absolute Gasteiger partial charge is 0.513 e. The van der Waals surface area contributed by atoms with Gasteiger partial charge in [0.05, 0.1) is 22.6 Å². The lowest BCUT2D eigenvalue weighted by Gasteiger charge is -2.14. The third kappa shape index (κ3) is 3.38. The summed E-state index contributed by atoms with van der Waals surface area (Å²) in [6, 6.07) is 2.53. The normalized spacial score (nSPS) is 10.0. The van der Waals surface area contributed by atoms with Crippen molar-refractivity contribution in [1.29, 1.82) is 0 Å². The summed E-state index contributed by atoms with van der Waals surface area (Å²) in [6.45, 7) is 6.52. The van der Waals surface area contributed by atoms with E-state index < -0.39 is 11.9 Å². The molecule has 0 spiro atoms. The average Bonchev–Trinajstić information content (AvgIpc) is 2.26. The molecular formula is C14H14O6. The number of aliphatic hydroxyl groups excluding tert-OH is 2. The van der Waals surface area contributed by atoms with Crippen LogP contribution in [0.15, 0.2) is 36.8 Å². The van der Waals surface area contributed by atoms with Gasteiger partial charge >= 0.3 is 11.9 Å². The highest BCUT2D eigenvalue weighted by molar-refractivity contribution is 5.98. The zero-order valence-corrected chi connectivity index (χ0v) is 10.6. The van der Waals surface area contributed by atoms with E-state index in [1.807, 2.05) is 0 Å². The van der Waals surface area contributed by atoms with E-state index in [0.29, 0.717) is 0 Å². The van der Waals surface area contributed by atoms with Gasteiger partial charge in [0.1, 0.15) is 0 Å². The summed E-state index contributed by atoms with van der Waals surface area (Å²) in [5.41, 5.74) is -0.345. The third-order valence-electron chi connectivity index (χ3n) is 2.62. The molecule has 0 saturated heterocycles. The fourth-order valence-electron chi connectivity index (χ4n) is 1.92. The number of carboxylic acids is 2. The molecule has 1 aromatic carbocycles. The van der Waals surface area contributed by atoms with Crippen molar-refractivity contribution < 1.29 is 30.0 Å². The van der Waals surface area contributed by atoms with Crippen LogP contribution in [0.25, 0.3) is 0 Å². The van der Waals surface area contributed by atoms with E-state index >= 15 is 0 Å². The van der Waals surface area contributed by atoms with E-state index in [-0.39, 0.29) is 46.6 Å². The van der Waals surface area contributed by atoms with Crippen molar-refractivity contribution in [2.75, 3.05) is 0 Å². The van der Waals surface area contributed by atoms with Crippen LogP contribution in [-0.4, -0.2) is 32.4 Å². The Hall–Kier alpha value is -2.76. The van der Waals surface area contributed by atoms with Crippen molar-refractivity contribution in [3.8, 4) is 0 Å². The number of aromatic carboxylic acids is 2. The van der Waals surface area contributed by atoms with E-state index in [1.165, 1.54) is 12.1 Å². The van der Waals surface area contributed by atoms with Crippen molar-refractivity contribution in [2.45, 2.75) is 12.8 Å². The Kier molecular flexibility index (Phi) is 4.53. The van der Waals surface area contributed by atoms with E-state index in [9.17, 15) is 24.9 Å². The van der Waals surface area contributed by atoms with Gasteiger partial charge in [-0.1, -0.05) is 19.2 Å². The zero-order chi connectivity index (χ0) is 15.4. The molecule has 6 nitrogen and oxygen atoms in total. The first-order valence-corrected chi connectivity index (χ1v) is 5.58. The number of allylic oxidation sites excluding steroid dienone is 2. The molecule has 0 fully saturated rings. The monoisotopic (exact) mass is 278 g/mol. The van der Waals surface area contributed by atoms with Gasteiger partial charge in [-0.3, -0.25) is 0 Å². The molecule has 0 aliphatic carbocycles. The van der Waals surface area contributed by atoms with Crippen molar-refractivity contribution in [1.82, 2.24) is 0 Å². The van der Waals surface area contributed by atoms with Crippen LogP contribution in [0.4, 0.5) is 0 Å². The molecule has 0 bridgehead atoms. The number of carboxylic acid groups (broad SMARTS) is 2. The van der Waals surface area contributed by atoms with Crippen LogP contribution in [-0.2, 0) is 12.8 Å². The first kappa shape index (κ1) is 15.3. The standard InChI is InChI=1S/C14H14O6/c1-7(15)5-9-3-4-10(13(17)18)11(6-8(2)16)12(9)14(19)20/h3-4,15-16H,1-2,5-6H2,(H,17,18)(H,19,20). The first-order valence-electron chi connectivity index (χ1n) is 5.58. The van der Waals surface area contributed by atoms with Crippen LogP contribution in [0.5, 0.6) is 0 Å². The SMILES string of the molecule is C=C(O)Cc1ccc(C(=O)O)c(CC(=C)O)c1C(=O)O. The summed E-state index contributed by atoms with van der Waals surface area (Å²) >= 11 is 0. The maximum atomic E-state index is 11.4. The molecule has 0 aliphatic heterocycles. The molecule has 4 N–H and O–H groups in total. The first-order chi connectivity index (χ1) is 9.23. The number of rotatable bonds is 6. The van der Waals surface area contributed by atoms with Crippen molar-refractivity contribution in [2.24, 2.45) is 0 Å². The van der Waals surface area contributed by atoms with E-state index in [2.05, 4.69) is 13.2 Å². The fraction of sp³-hybridized carbons (Fsp3) is 0.143. The second kappa shape index (κ2) is 5.92. The predicted molar refractivity (Wildman–Crippen MR) is 71.3 cm³/mol. The van der Waals surface area contributed by atoms with Crippen LogP contribution < -0.4 is 0 Å². The highest BCUT2D eigenvalue weighted by atomic mass is 16.4. The Bertz CT molecular complexity index is 600. The van der Waals surface area contributed by atoms with Crippen LogP contribution in [0.1, 0.15) is 31.8 Å². The smallest absolute Gasteiger partial charge is 0.336 e. The molecule has 0 heterocycles. The lowest BCUT2D eigenvalue weighted by molar-refractivity contribution is 0.0694. The maximum absolute atomic E-state index is 11.4. The molecule has 0 radical (unpaired) electrons. The molecule has 20 heavy (non-hydrogen) atoms. The minimum atomic E-state index is -1.35. The number of carbonyl (C=O) groups is 2. The number of benzene rings is 1. The van der Waals surface area contributed by atoms with Crippen molar-refractivity contribution in [3.63, 3.8) is 0 Å². The second-order valence-electron chi connectivity index (χ2n) is 4.22. The molecule has 6 heteroatoms. The zero-order valence-electron chi connectivity index (χ0n) is 10.6. The lowest BCUT2D eigenvalue weighted by Crippen LogP contribution is -2.14. The Morgan fingerprint density at radius 1 is 0.900 bits per heavy atom. The summed E-state index contributed by atoms with van der Waals surface area (Å²) in [5.74, 6) is -3.25. The van der Waals surface area contributed by atoms with Crippen LogP contribution in [0.3, 0.4) is 0 Å². The molecule has 0 saturated carbocycles. The van der Waals surface area contributed by atoms with Gasteiger partial charge in [-0.2, -0.15) is 0 Å². The molecule has 0 aliphatic rings. The van der Waals surface area contributed by atoms with E-state index in [4.69, 9.17) is 5.11 Å². The molecule has 0 unspecified atom stereocenters. The van der Waals surface area contributed by atoms with Crippen LogP contribution in [0.2, 0.25) is 0 Å². The topological polar surface area (TPSA) is 115 Å². The van der Waals surface area contributed by atoms with Crippen LogP contribution in [0, 0.1) is 0 Å². The van der Waals surface area contributed by atoms with Gasteiger partial charge in [-0.05, 0) is 17.2 Å². The summed E-state index contributed by atoms with van der Waals surface area (Å²) in [5, 5.41) is 36.8. The van der Waals surface area contributed by atoms with Gasteiger partial charge in [-0.25, -0.2) is 9.59 Å². The second-order valence-corrected chi connectivity index (χ2v) is 4.22. The Labute approximate surface area is 114 Å². The van der Waals surface area contributed by atoms with Gasteiger partial charge in [0.2, 0.25) is 0 Å². The summed E-state index contributed by atoms with van der Waals surface area (Å²) < 4.78 is 0. The Morgan fingerprint density at radius 2 is 1.45 bits per heavy atom. The molecule has 0 amide bonds. The highest BCUT2D eigenvalue weighted by Gasteiger charge is 2.22. The minimum absolute atomic E-state index is 0.0590. The summed E-state index contributed by atoms with van der Waals surface area (Å²) in [6.07, 6.45) is -0.415. The summed E-state index contributed by atoms with van der Waals surface area (Å²) in [4.78, 5) is 22.5.